The van der Waals surface area contributed by atoms with Crippen LogP contribution >= 0.6 is 0 Å². The van der Waals surface area contributed by atoms with E-state index in [1.807, 2.05) is 0 Å². The molecule has 0 amide bonds. The number of benzene rings is 2. The minimum atomic E-state index is -4.29. The fraction of sp³-hybridized carbons (Fsp3) is 0.517. The van der Waals surface area contributed by atoms with E-state index in [1.54, 1.807) is 12.1 Å². The Morgan fingerprint density at radius 1 is 0.697 bits per heavy atom. The first kappa shape index (κ1) is 27.0. The molecule has 1 radical (unpaired) electrons. The molecule has 2 aromatic rings. The molecule has 2 aromatic carbocycles. The lowest BCUT2D eigenvalue weighted by atomic mass is 10.1. The molecule has 0 saturated heterocycles. The van der Waals surface area contributed by atoms with Gasteiger partial charge in [0.2, 0.25) is 0 Å². The molecule has 0 fully saturated rings. The Labute approximate surface area is 198 Å². The largest absolute Gasteiger partial charge is 0.416 e. The predicted octanol–water partition coefficient (Wildman–Crippen LogP) is 8.45. The van der Waals surface area contributed by atoms with Crippen molar-refractivity contribution in [1.29, 1.82) is 0 Å². The topological polar surface area (TPSA) is 5.90 Å². The van der Waals surface area contributed by atoms with E-state index >= 15 is 0 Å². The molecule has 0 atom stereocenters. The summed E-state index contributed by atoms with van der Waals surface area (Å²) in [6, 6.07) is 13.7. The quantitative estimate of drug-likeness (QED) is 0.162. The number of nitrogens with zero attached hydrogens (tertiary/aromatic N) is 1. The van der Waals surface area contributed by atoms with Crippen LogP contribution in [-0.2, 0) is 19.3 Å². The van der Waals surface area contributed by atoms with Crippen LogP contribution in [-0.4, -0.2) is 6.54 Å². The molecule has 0 bridgehead atoms. The molecule has 0 spiro atoms. The molecule has 0 aliphatic carbocycles. The van der Waals surface area contributed by atoms with Crippen LogP contribution in [0.15, 0.2) is 48.5 Å². The number of hydrogen-bond acceptors (Lipinski definition) is 1. The van der Waals surface area contributed by atoms with Crippen molar-refractivity contribution in [1.82, 2.24) is 4.90 Å². The van der Waals surface area contributed by atoms with Gasteiger partial charge in [0.1, 0.15) is 19.6 Å². The number of hydrogen-bond donors (Lipinski definition) is 0. The third-order valence-corrected chi connectivity index (χ3v) is 5.88. The first-order valence-electron chi connectivity index (χ1n) is 12.4. The van der Waals surface area contributed by atoms with Crippen LogP contribution in [0.1, 0.15) is 93.9 Å². The highest BCUT2D eigenvalue weighted by Crippen LogP contribution is 2.29. The third kappa shape index (κ3) is 10.9. The maximum atomic E-state index is 12.7. The molecule has 2 rings (SSSR count). The molecule has 0 heterocycles. The molecule has 1 nitrogen and oxygen atoms in total. The van der Waals surface area contributed by atoms with Crippen molar-refractivity contribution < 1.29 is 13.2 Å². The number of alkyl halides is 3. The van der Waals surface area contributed by atoms with E-state index in [4.69, 9.17) is 0 Å². The fourth-order valence-corrected chi connectivity index (χ4v) is 3.80. The summed E-state index contributed by atoms with van der Waals surface area (Å²) in [5.74, 6) is 6.55. The van der Waals surface area contributed by atoms with E-state index in [1.165, 1.54) is 56.9 Å². The van der Waals surface area contributed by atoms with Gasteiger partial charge >= 0.3 is 6.18 Å². The van der Waals surface area contributed by atoms with Gasteiger partial charge in [-0.25, -0.2) is 0 Å². The van der Waals surface area contributed by atoms with Gasteiger partial charge in [-0.2, -0.15) is 18.1 Å². The van der Waals surface area contributed by atoms with Crippen LogP contribution < -0.4 is 4.90 Å². The van der Waals surface area contributed by atoms with Crippen molar-refractivity contribution in [3.63, 3.8) is 0 Å². The van der Waals surface area contributed by atoms with E-state index in [2.05, 4.69) is 54.9 Å². The molecule has 0 N–H and O–H groups in total. The van der Waals surface area contributed by atoms with Crippen molar-refractivity contribution in [2.75, 3.05) is 6.54 Å². The van der Waals surface area contributed by atoms with Crippen LogP contribution in [0.2, 0.25) is 0 Å². The van der Waals surface area contributed by atoms with Gasteiger partial charge in [0, 0.05) is 23.1 Å². The second-order valence-electron chi connectivity index (χ2n) is 8.72. The fourth-order valence-electron chi connectivity index (χ4n) is 3.80. The molecule has 0 saturated carbocycles. The SMILES string of the molecule is CCCCCCCCCCC#Cc1ccc(C[N+](CC)Cc2ccc(C(F)(F)F)cc2)cc1. The molecule has 4 heteroatoms. The Bertz CT molecular complexity index is 842. The summed E-state index contributed by atoms with van der Waals surface area (Å²) in [6.45, 7) is 6.51. The molecule has 0 aromatic heterocycles. The van der Waals surface area contributed by atoms with Gasteiger partial charge in [-0.1, -0.05) is 88.0 Å². The molecule has 0 aliphatic rings. The summed E-state index contributed by atoms with van der Waals surface area (Å²) in [5.41, 5.74) is 2.49. The van der Waals surface area contributed by atoms with Crippen molar-refractivity contribution in [2.45, 2.75) is 90.9 Å². The van der Waals surface area contributed by atoms with Gasteiger partial charge in [0.05, 0.1) is 5.56 Å². The summed E-state index contributed by atoms with van der Waals surface area (Å²) < 4.78 is 38.2. The number of unbranched alkanes of at least 4 members (excludes halogenated alkanes) is 8. The smallest absolute Gasteiger partial charge is 0.166 e. The molecule has 33 heavy (non-hydrogen) atoms. The second-order valence-corrected chi connectivity index (χ2v) is 8.72. The maximum absolute atomic E-state index is 12.7. The van der Waals surface area contributed by atoms with Gasteiger partial charge in [0.15, 0.2) is 0 Å². The summed E-state index contributed by atoms with van der Waals surface area (Å²) in [6.07, 6.45) is 7.18. The average molecular weight is 458 g/mol. The molecular weight excluding hydrogens is 419 g/mol. The average Bonchev–Trinajstić information content (AvgIpc) is 2.80. The van der Waals surface area contributed by atoms with E-state index in [9.17, 15) is 13.2 Å². The normalized spacial score (nSPS) is 11.5. The zero-order valence-corrected chi connectivity index (χ0v) is 20.2. The first-order valence-corrected chi connectivity index (χ1v) is 12.4. The van der Waals surface area contributed by atoms with Gasteiger partial charge in [-0.05, 0) is 37.6 Å². The van der Waals surface area contributed by atoms with Gasteiger partial charge in [-0.3, -0.25) is 0 Å². The lowest BCUT2D eigenvalue weighted by molar-refractivity contribution is -0.137. The van der Waals surface area contributed by atoms with E-state index < -0.39 is 11.7 Å². The summed E-state index contributed by atoms with van der Waals surface area (Å²) in [5, 5.41) is 0. The highest BCUT2D eigenvalue weighted by Gasteiger charge is 2.30. The minimum Gasteiger partial charge on any atom is -0.166 e. The monoisotopic (exact) mass is 457 g/mol. The van der Waals surface area contributed by atoms with E-state index in [-0.39, 0.29) is 0 Å². The highest BCUT2D eigenvalue weighted by atomic mass is 19.4. The van der Waals surface area contributed by atoms with Crippen molar-refractivity contribution in [3.05, 3.63) is 70.8 Å². The first-order chi connectivity index (χ1) is 15.9. The lowest BCUT2D eigenvalue weighted by Gasteiger charge is -2.12. The van der Waals surface area contributed by atoms with Crippen LogP contribution in [0, 0.1) is 11.8 Å². The van der Waals surface area contributed by atoms with Gasteiger partial charge in [-0.15, -0.1) is 0 Å². The maximum Gasteiger partial charge on any atom is 0.416 e. The zero-order valence-electron chi connectivity index (χ0n) is 20.2. The molecular formula is C29H38F3N+. The Morgan fingerprint density at radius 2 is 1.21 bits per heavy atom. The summed E-state index contributed by atoms with van der Waals surface area (Å²) in [7, 11) is 0. The standard InChI is InChI=1S/C29H38F3N/c1-3-5-6-7-8-9-10-11-12-13-14-25-15-17-26(18-16-25)23-33(4-2)24-27-19-21-28(22-20-27)29(30,31)32/h15-22H,3-12,23-24H2,1-2H3/q+1. The minimum absolute atomic E-state index is 0.603. The Morgan fingerprint density at radius 3 is 1.73 bits per heavy atom. The van der Waals surface area contributed by atoms with Crippen LogP contribution in [0.4, 0.5) is 13.2 Å². The summed E-state index contributed by atoms with van der Waals surface area (Å²) >= 11 is 0. The van der Waals surface area contributed by atoms with E-state index in [0.29, 0.717) is 6.54 Å². The van der Waals surface area contributed by atoms with Crippen LogP contribution in [0.25, 0.3) is 0 Å². The molecule has 0 unspecified atom stereocenters. The Hall–Kier alpha value is -2.25. The van der Waals surface area contributed by atoms with Crippen molar-refractivity contribution in [2.24, 2.45) is 0 Å². The third-order valence-electron chi connectivity index (χ3n) is 5.88. The predicted molar refractivity (Wildman–Crippen MR) is 132 cm³/mol. The second kappa shape index (κ2) is 14.8. The lowest BCUT2D eigenvalue weighted by Crippen LogP contribution is -2.28. The van der Waals surface area contributed by atoms with Crippen LogP contribution in [0.5, 0.6) is 0 Å². The van der Waals surface area contributed by atoms with Gasteiger partial charge in [0.25, 0.3) is 0 Å². The zero-order chi connectivity index (χ0) is 23.9. The Kier molecular flexibility index (Phi) is 12.1. The molecule has 179 valence electrons. The van der Waals surface area contributed by atoms with E-state index in [0.717, 1.165) is 42.8 Å². The van der Waals surface area contributed by atoms with Crippen molar-refractivity contribution >= 4 is 0 Å². The Balaban J connectivity index is 1.74. The number of rotatable bonds is 13. The number of halogens is 3. The summed E-state index contributed by atoms with van der Waals surface area (Å²) in [4.78, 5) is 2.21. The highest BCUT2D eigenvalue weighted by molar-refractivity contribution is 5.36. The van der Waals surface area contributed by atoms with Gasteiger partial charge < -0.3 is 0 Å². The van der Waals surface area contributed by atoms with Crippen LogP contribution in [0.3, 0.4) is 0 Å². The molecule has 0 aliphatic heterocycles. The van der Waals surface area contributed by atoms with Crippen molar-refractivity contribution in [3.8, 4) is 11.8 Å².